The van der Waals surface area contributed by atoms with Gasteiger partial charge in [-0.05, 0) is 17.7 Å². The summed E-state index contributed by atoms with van der Waals surface area (Å²) in [6.45, 7) is -0.166. The highest BCUT2D eigenvalue weighted by atomic mass is 32.2. The van der Waals surface area contributed by atoms with Crippen LogP contribution < -0.4 is 4.90 Å². The van der Waals surface area contributed by atoms with E-state index in [9.17, 15) is 14.4 Å². The van der Waals surface area contributed by atoms with Crippen LogP contribution in [0.2, 0.25) is 0 Å². The monoisotopic (exact) mass is 409 g/mol. The molecule has 7 nitrogen and oxygen atoms in total. The smallest absolute Gasteiger partial charge is 0.326 e. The van der Waals surface area contributed by atoms with E-state index in [2.05, 4.69) is 5.10 Å². The molecule has 0 spiro atoms. The van der Waals surface area contributed by atoms with Crippen molar-refractivity contribution in [2.45, 2.75) is 11.3 Å². The third-order valence-electron chi connectivity index (χ3n) is 4.65. The molecule has 0 radical (unpaired) electrons. The lowest BCUT2D eigenvalue weighted by atomic mass is 10.1. The molecule has 0 saturated heterocycles. The van der Waals surface area contributed by atoms with E-state index < -0.39 is 12.6 Å². The van der Waals surface area contributed by atoms with Gasteiger partial charge in [-0.1, -0.05) is 42.5 Å². The third kappa shape index (κ3) is 4.32. The Balaban J connectivity index is 1.33. The first-order valence-corrected chi connectivity index (χ1v) is 10.2. The number of ether oxygens (including phenoxy) is 1. The van der Waals surface area contributed by atoms with Crippen LogP contribution in [0.15, 0.2) is 64.6 Å². The summed E-state index contributed by atoms with van der Waals surface area (Å²) >= 11 is 1.44. The second-order valence-electron chi connectivity index (χ2n) is 6.58. The lowest BCUT2D eigenvalue weighted by Gasteiger charge is -2.27. The van der Waals surface area contributed by atoms with E-state index in [0.29, 0.717) is 18.7 Å². The Bertz CT molecular complexity index is 977. The number of hydrazone groups is 1. The van der Waals surface area contributed by atoms with Crippen molar-refractivity contribution < 1.29 is 19.1 Å². The normalized spacial score (nSPS) is 15.7. The summed E-state index contributed by atoms with van der Waals surface area (Å²) in [5, 5.41) is 5.66. The summed E-state index contributed by atoms with van der Waals surface area (Å²) in [5.41, 5.74) is 2.49. The van der Waals surface area contributed by atoms with Crippen LogP contribution in [0.4, 0.5) is 5.69 Å². The summed E-state index contributed by atoms with van der Waals surface area (Å²) in [4.78, 5) is 39.1. The molecule has 0 bridgehead atoms. The Kier molecular flexibility index (Phi) is 5.62. The molecule has 0 aromatic heterocycles. The van der Waals surface area contributed by atoms with Crippen molar-refractivity contribution in [2.75, 3.05) is 30.3 Å². The van der Waals surface area contributed by atoms with Crippen LogP contribution in [0, 0.1) is 0 Å². The Morgan fingerprint density at radius 2 is 1.83 bits per heavy atom. The molecule has 2 aromatic carbocycles. The molecule has 2 amide bonds. The van der Waals surface area contributed by atoms with Gasteiger partial charge in [0.25, 0.3) is 5.91 Å². The van der Waals surface area contributed by atoms with E-state index in [0.717, 1.165) is 16.2 Å². The highest BCUT2D eigenvalue weighted by Gasteiger charge is 2.28. The quantitative estimate of drug-likeness (QED) is 0.708. The van der Waals surface area contributed by atoms with Gasteiger partial charge >= 0.3 is 5.97 Å². The van der Waals surface area contributed by atoms with Gasteiger partial charge in [-0.15, -0.1) is 11.8 Å². The molecule has 0 aliphatic carbocycles. The van der Waals surface area contributed by atoms with E-state index in [1.54, 1.807) is 6.07 Å². The first-order chi connectivity index (χ1) is 14.1. The van der Waals surface area contributed by atoms with Crippen molar-refractivity contribution in [1.82, 2.24) is 5.01 Å². The van der Waals surface area contributed by atoms with E-state index in [1.165, 1.54) is 21.7 Å². The van der Waals surface area contributed by atoms with Crippen molar-refractivity contribution in [1.29, 1.82) is 0 Å². The van der Waals surface area contributed by atoms with E-state index in [4.69, 9.17) is 4.74 Å². The number of rotatable bonds is 5. The lowest BCUT2D eigenvalue weighted by molar-refractivity contribution is -0.151. The number of nitrogens with zero attached hydrogens (tertiary/aromatic N) is 3. The Morgan fingerprint density at radius 1 is 1.07 bits per heavy atom. The van der Waals surface area contributed by atoms with Crippen LogP contribution >= 0.6 is 11.8 Å². The number of fused-ring (bicyclic) bond motifs is 1. The molecule has 29 heavy (non-hydrogen) atoms. The number of esters is 1. The molecule has 4 rings (SSSR count). The van der Waals surface area contributed by atoms with Crippen molar-refractivity contribution in [2.24, 2.45) is 5.10 Å². The maximum Gasteiger partial charge on any atom is 0.326 e. The molecular weight excluding hydrogens is 390 g/mol. The Hall–Kier alpha value is -3.13. The van der Waals surface area contributed by atoms with Gasteiger partial charge in [0.2, 0.25) is 5.91 Å². The fourth-order valence-electron chi connectivity index (χ4n) is 3.19. The SMILES string of the molecule is O=C(CN1C(=O)CSc2ccccc21)OCC(=O)N1CCC(c2ccccc2)=N1. The predicted octanol–water partition coefficient (Wildman–Crippen LogP) is 2.31. The van der Waals surface area contributed by atoms with Crippen LogP contribution in [0.5, 0.6) is 0 Å². The van der Waals surface area contributed by atoms with E-state index >= 15 is 0 Å². The number of anilines is 1. The first-order valence-electron chi connectivity index (χ1n) is 9.23. The highest BCUT2D eigenvalue weighted by molar-refractivity contribution is 8.00. The molecular formula is C21H19N3O4S. The first kappa shape index (κ1) is 19.2. The minimum atomic E-state index is -0.625. The van der Waals surface area contributed by atoms with Gasteiger partial charge in [0, 0.05) is 11.3 Å². The fraction of sp³-hybridized carbons (Fsp3) is 0.238. The van der Waals surface area contributed by atoms with Crippen molar-refractivity contribution in [3.63, 3.8) is 0 Å². The maximum absolute atomic E-state index is 12.3. The number of amides is 2. The lowest BCUT2D eigenvalue weighted by Crippen LogP contribution is -2.40. The van der Waals surface area contributed by atoms with Crippen LogP contribution in [0.25, 0.3) is 0 Å². The average Bonchev–Trinajstić information content (AvgIpc) is 3.25. The number of hydrogen-bond acceptors (Lipinski definition) is 6. The molecule has 2 aliphatic rings. The molecule has 2 aromatic rings. The number of para-hydroxylation sites is 1. The van der Waals surface area contributed by atoms with Crippen LogP contribution in [0.3, 0.4) is 0 Å². The van der Waals surface area contributed by atoms with Crippen LogP contribution in [-0.2, 0) is 19.1 Å². The largest absolute Gasteiger partial charge is 0.454 e. The minimum Gasteiger partial charge on any atom is -0.454 e. The van der Waals surface area contributed by atoms with Gasteiger partial charge in [-0.25, -0.2) is 5.01 Å². The third-order valence-corrected chi connectivity index (χ3v) is 5.70. The summed E-state index contributed by atoms with van der Waals surface area (Å²) < 4.78 is 5.12. The number of carbonyl (C=O) groups excluding carboxylic acids is 3. The maximum atomic E-state index is 12.3. The molecule has 8 heteroatoms. The molecule has 148 valence electrons. The molecule has 0 atom stereocenters. The van der Waals surface area contributed by atoms with Crippen molar-refractivity contribution in [3.8, 4) is 0 Å². The van der Waals surface area contributed by atoms with Gasteiger partial charge in [0.1, 0.15) is 6.54 Å². The summed E-state index contributed by atoms with van der Waals surface area (Å²) in [6, 6.07) is 17.0. The van der Waals surface area contributed by atoms with Crippen LogP contribution in [-0.4, -0.2) is 54.0 Å². The minimum absolute atomic E-state index is 0.159. The van der Waals surface area contributed by atoms with Crippen molar-refractivity contribution in [3.05, 3.63) is 60.2 Å². The van der Waals surface area contributed by atoms with E-state index in [-0.39, 0.29) is 24.1 Å². The number of carbonyl (C=O) groups is 3. The molecule has 0 fully saturated rings. The standard InChI is InChI=1S/C21H19N3O4S/c25-19(24-11-10-16(22-24)15-6-2-1-3-7-15)13-28-21(27)12-23-17-8-4-5-9-18(17)29-14-20(23)26/h1-9H,10-14H2. The summed E-state index contributed by atoms with van der Waals surface area (Å²) in [6.07, 6.45) is 0.653. The second kappa shape index (κ2) is 8.48. The number of thioether (sulfide) groups is 1. The highest BCUT2D eigenvalue weighted by Crippen LogP contribution is 2.34. The zero-order valence-corrected chi connectivity index (χ0v) is 16.4. The second-order valence-corrected chi connectivity index (χ2v) is 7.59. The zero-order chi connectivity index (χ0) is 20.2. The molecule has 0 N–H and O–H groups in total. The average molecular weight is 409 g/mol. The number of benzene rings is 2. The number of hydrogen-bond donors (Lipinski definition) is 0. The Labute approximate surface area is 172 Å². The molecule has 0 unspecified atom stereocenters. The van der Waals surface area contributed by atoms with E-state index in [1.807, 2.05) is 48.5 Å². The van der Waals surface area contributed by atoms with Gasteiger partial charge in [0.15, 0.2) is 6.61 Å². The Morgan fingerprint density at radius 3 is 2.66 bits per heavy atom. The predicted molar refractivity (Wildman–Crippen MR) is 110 cm³/mol. The summed E-state index contributed by atoms with van der Waals surface area (Å²) in [5.74, 6) is -0.896. The van der Waals surface area contributed by atoms with Gasteiger partial charge < -0.3 is 4.74 Å². The van der Waals surface area contributed by atoms with Gasteiger partial charge in [-0.3, -0.25) is 19.3 Å². The summed E-state index contributed by atoms with van der Waals surface area (Å²) in [7, 11) is 0. The molecule has 2 heterocycles. The van der Waals surface area contributed by atoms with Crippen molar-refractivity contribution >= 4 is 40.9 Å². The van der Waals surface area contributed by atoms with Crippen LogP contribution in [0.1, 0.15) is 12.0 Å². The fourth-order valence-corrected chi connectivity index (χ4v) is 4.13. The van der Waals surface area contributed by atoms with Gasteiger partial charge in [0.05, 0.1) is 23.7 Å². The topological polar surface area (TPSA) is 79.3 Å². The zero-order valence-electron chi connectivity index (χ0n) is 15.6. The molecule has 0 saturated carbocycles. The van der Waals surface area contributed by atoms with Gasteiger partial charge in [-0.2, -0.15) is 5.10 Å². The molecule has 2 aliphatic heterocycles.